The first-order chi connectivity index (χ1) is 66.0. The van der Waals surface area contributed by atoms with Gasteiger partial charge in [-0.2, -0.15) is 0 Å². The Balaban J connectivity index is 1.39. The normalized spacial score (nSPS) is 24.6. The fraction of sp³-hybridized carbons (Fsp3) is 0.494. The smallest absolute Gasteiger partial charge is 0.305 e. The zero-order valence-electron chi connectivity index (χ0n) is 77.4. The summed E-state index contributed by atoms with van der Waals surface area (Å²) in [7, 11) is 0. The maximum absolute atomic E-state index is 15.3. The summed E-state index contributed by atoms with van der Waals surface area (Å²) in [6.45, 7) is 6.08. The number of carbonyl (C=O) groups excluding carboxylic acids is 19. The number of aliphatic carboxylic acids is 4. The Morgan fingerprint density at radius 2 is 0.793 bits per heavy atom. The van der Waals surface area contributed by atoms with Gasteiger partial charge in [0.05, 0.1) is 42.6 Å². The van der Waals surface area contributed by atoms with E-state index >= 15 is 14.4 Å². The lowest BCUT2D eigenvalue weighted by atomic mass is 9.85. The Morgan fingerprint density at radius 3 is 1.26 bits per heavy atom. The van der Waals surface area contributed by atoms with Crippen LogP contribution in [0.4, 0.5) is 0 Å². The van der Waals surface area contributed by atoms with Gasteiger partial charge in [-0.1, -0.05) is 106 Å². The van der Waals surface area contributed by atoms with E-state index in [0.717, 1.165) is 37.4 Å². The van der Waals surface area contributed by atoms with Gasteiger partial charge in [0.25, 0.3) is 0 Å². The average molecular weight is 2010 g/mol. The van der Waals surface area contributed by atoms with Crippen molar-refractivity contribution in [2.24, 2.45) is 22.6 Å². The molecule has 3 heterocycles. The number of hydrogen-bond acceptors (Lipinski definition) is 28. The van der Waals surface area contributed by atoms with Crippen molar-refractivity contribution in [3.05, 3.63) is 114 Å². The van der Waals surface area contributed by atoms with Crippen molar-refractivity contribution in [1.82, 2.24) is 89.1 Å². The first kappa shape index (κ1) is 113. The number of amides is 19. The third-order valence-electron chi connectivity index (χ3n) is 22.2. The van der Waals surface area contributed by atoms with Crippen molar-refractivity contribution in [3.8, 4) is 5.75 Å². The van der Waals surface area contributed by atoms with E-state index in [1.807, 2.05) is 0 Å². The number of fused-ring (bicyclic) bond motifs is 9. The Kier molecular flexibility index (Phi) is 43.7. The molecule has 15 atom stereocenters. The van der Waals surface area contributed by atoms with Gasteiger partial charge < -0.3 is 132 Å². The summed E-state index contributed by atoms with van der Waals surface area (Å²) < 4.78 is 0. The molecule has 19 amide bonds. The Labute approximate surface area is 815 Å². The number of primary amides is 2. The molecule has 4 aromatic rings. The first-order valence-electron chi connectivity index (χ1n) is 44.3. The zero-order chi connectivity index (χ0) is 104. The number of aromatic hydroxyl groups is 1. The van der Waals surface area contributed by atoms with Gasteiger partial charge in [-0.05, 0) is 78.6 Å². The Hall–Kier alpha value is -14.2. The van der Waals surface area contributed by atoms with Gasteiger partial charge in [-0.15, -0.1) is 35.3 Å². The van der Waals surface area contributed by atoms with Gasteiger partial charge in [0.15, 0.2) is 0 Å². The molecular weight excluding hydrogens is 1890 g/mol. The Morgan fingerprint density at radius 1 is 0.407 bits per heavy atom. The Bertz CT molecular complexity index is 5240. The minimum Gasteiger partial charge on any atom is -0.508 e. The number of benzene rings is 4. The van der Waals surface area contributed by atoms with Gasteiger partial charge in [-0.25, -0.2) is 0 Å². The van der Waals surface area contributed by atoms with Crippen molar-refractivity contribution in [1.29, 1.82) is 0 Å². The number of carboxylic acid groups (broad SMARTS) is 4. The standard InChI is InChI=1S/C89H118N20O28S3/c1-45(90)75(124)104-63-40-139-43-67(113)108-29-27-107-28-30-109(32-31-108)68(114)44-140-41-64(105-77(126)47(3)93-80(129)58(35-51-17-12-16-50-15-10-11-18-53(50)51)100-78(127)54(23-25-69(115)116)95-83(132)59(36-65(91)111)97-76(125)46(2)94-86(63)135)87(136)96-55(24-26-70(117)118)79(128)101-60(37-71(119)120)84(133)99-56(33-48-13-8-7-9-14-48)81(130)98-57(34-49-19-21-52(110)22-20-49)82(131)102-61(38-72(121)122)85(134)106-73(89(4,5)6)88(137)103-62(74(92)123)39-138-42-66(107)112/h7-22,45-47,54-64,73,110H,23-44,90H2,1-6H3,(H2,91,111)(H2,92,123)(H,93,129)(H,94,135)(H,95,132)(H,96,136)(H,97,125)(H,98,130)(H,99,133)(H,100,127)(H,101,128)(H,102,131)(H,103,137)(H,104,124)(H,105,126)(H,106,134)(H,115,116)(H,117,118)(H,119,120)(H,121,122)/t45-,46+,47+,54-,55-,56-,57-,58-,59-,60-,61-,62-,63-,64-,73+/m0/s1. The molecule has 0 radical (unpaired) electrons. The summed E-state index contributed by atoms with van der Waals surface area (Å²) in [6, 6.07) is -3.62. The number of phenols is 1. The number of thioether (sulfide) groups is 3. The molecule has 140 heavy (non-hydrogen) atoms. The fourth-order valence-electron chi connectivity index (χ4n) is 14.5. The van der Waals surface area contributed by atoms with Crippen LogP contribution in [0.5, 0.6) is 5.75 Å². The van der Waals surface area contributed by atoms with Crippen LogP contribution in [0.2, 0.25) is 0 Å². The van der Waals surface area contributed by atoms with E-state index in [1.165, 1.54) is 90.9 Å². The summed E-state index contributed by atoms with van der Waals surface area (Å²) in [5.74, 6) is -32.3. The molecule has 0 saturated carbocycles. The molecule has 7 rings (SSSR count). The molecule has 25 N–H and O–H groups in total. The van der Waals surface area contributed by atoms with Gasteiger partial charge in [0.2, 0.25) is 112 Å². The summed E-state index contributed by atoms with van der Waals surface area (Å²) in [4.78, 5) is 330. The van der Waals surface area contributed by atoms with Crippen molar-refractivity contribution in [2.45, 2.75) is 196 Å². The monoisotopic (exact) mass is 2010 g/mol. The molecule has 0 spiro atoms. The highest BCUT2D eigenvalue weighted by Crippen LogP contribution is 2.25. The van der Waals surface area contributed by atoms with E-state index in [2.05, 4.69) is 74.4 Å². The molecule has 48 nitrogen and oxygen atoms in total. The van der Waals surface area contributed by atoms with Crippen molar-refractivity contribution >= 4 is 182 Å². The number of rotatable bonds is 21. The molecule has 0 aromatic heterocycles. The van der Waals surface area contributed by atoms with Gasteiger partial charge in [-0.3, -0.25) is 110 Å². The number of phenolic OH excluding ortho intramolecular Hbond substituents is 1. The average Bonchev–Trinajstić information content (AvgIpc) is 0.852. The maximum atomic E-state index is 15.3. The van der Waals surface area contributed by atoms with Crippen LogP contribution in [0.3, 0.4) is 0 Å². The second-order valence-electron chi connectivity index (χ2n) is 34.5. The van der Waals surface area contributed by atoms with Crippen LogP contribution in [0, 0.1) is 5.41 Å². The molecule has 3 aliphatic rings. The van der Waals surface area contributed by atoms with Crippen LogP contribution >= 0.6 is 35.3 Å². The first-order valence-corrected chi connectivity index (χ1v) is 47.8. The molecule has 0 unspecified atom stereocenters. The van der Waals surface area contributed by atoms with Crippen LogP contribution in [-0.4, -0.2) is 341 Å². The molecular formula is C89H118N20O28S3. The van der Waals surface area contributed by atoms with Crippen LogP contribution in [-0.2, 0) is 130 Å². The van der Waals surface area contributed by atoms with E-state index in [9.17, 15) is 121 Å². The number of nitrogens with one attached hydrogen (secondary N) is 14. The predicted molar refractivity (Wildman–Crippen MR) is 504 cm³/mol. The van der Waals surface area contributed by atoms with E-state index in [-0.39, 0.29) is 56.1 Å². The lowest BCUT2D eigenvalue weighted by Gasteiger charge is -2.33. The molecule has 4 aromatic carbocycles. The summed E-state index contributed by atoms with van der Waals surface area (Å²) in [5, 5.41) is 85.5. The van der Waals surface area contributed by atoms with Crippen LogP contribution in [0.1, 0.15) is 103 Å². The number of carboxylic acids is 4. The number of nitrogens with two attached hydrogens (primary N) is 3. The fourth-order valence-corrected chi connectivity index (χ4v) is 17.3. The van der Waals surface area contributed by atoms with Crippen LogP contribution in [0.25, 0.3) is 10.8 Å². The molecule has 4 bridgehead atoms. The molecule has 0 aliphatic carbocycles. The third kappa shape index (κ3) is 36.6. The number of carbonyl (C=O) groups is 23. The molecule has 3 aliphatic heterocycles. The van der Waals surface area contributed by atoms with Gasteiger partial charge in [0.1, 0.15) is 90.3 Å². The second kappa shape index (κ2) is 54.2. The minimum atomic E-state index is -2.29. The van der Waals surface area contributed by atoms with Crippen molar-refractivity contribution in [3.63, 3.8) is 0 Å². The predicted octanol–water partition coefficient (Wildman–Crippen LogP) is -6.44. The molecule has 3 fully saturated rings. The zero-order valence-corrected chi connectivity index (χ0v) is 79.8. The van der Waals surface area contributed by atoms with E-state index < -0.39 is 331 Å². The van der Waals surface area contributed by atoms with Gasteiger partial charge >= 0.3 is 23.9 Å². The quantitative estimate of drug-likeness (QED) is 0.0369. The van der Waals surface area contributed by atoms with E-state index in [4.69, 9.17) is 17.2 Å². The minimum absolute atomic E-state index is 0.196. The molecule has 760 valence electrons. The van der Waals surface area contributed by atoms with E-state index in [0.29, 0.717) is 28.1 Å². The van der Waals surface area contributed by atoms with E-state index in [1.54, 1.807) is 48.5 Å². The molecule has 3 saturated heterocycles. The van der Waals surface area contributed by atoms with Crippen LogP contribution < -0.4 is 91.6 Å². The highest BCUT2D eigenvalue weighted by Gasteiger charge is 2.42. The summed E-state index contributed by atoms with van der Waals surface area (Å²) in [6.07, 6.45) is -8.53. The lowest BCUT2D eigenvalue weighted by Crippen LogP contribution is -2.62. The molecule has 51 heteroatoms. The SMILES string of the molecule is C[C@H](N)C(=O)N[C@H]1CSCC(=O)N2CCN3CCN(CC2)C(=O)CSC[C@H](NC(=O)[C@@H](C)NC(=O)[C@H](Cc2cccc4ccccc24)NC(=O)[C@H](CCC(=O)O)NC(=O)[C@H](CC(N)=O)NC(=O)[C@@H](C)NC1=O)C(=O)N[C@@H](CCC(=O)O)C(=O)N[C@@H](CC(=O)O)C(=O)N[C@@H](Cc1ccccc1)C(=O)N[C@@H](Cc1ccc(O)cc1)C(=O)N[C@@H](CC(=O)O)C(=O)N[C@@H](C(C)(C)C)C(=O)N[C@H](C(N)=O)CSCC3=O. The topological polar surface area (TPSA) is 750 Å². The lowest BCUT2D eigenvalue weighted by molar-refractivity contribution is -0.142. The second-order valence-corrected chi connectivity index (χ2v) is 37.5. The number of hydrogen-bond donors (Lipinski definition) is 22. The third-order valence-corrected chi connectivity index (χ3v) is 25.3. The van der Waals surface area contributed by atoms with Crippen LogP contribution in [0.15, 0.2) is 97.1 Å². The summed E-state index contributed by atoms with van der Waals surface area (Å²) in [5.41, 5.74) is 16.9. The summed E-state index contributed by atoms with van der Waals surface area (Å²) >= 11 is 2.16. The highest BCUT2D eigenvalue weighted by atomic mass is 32.2. The van der Waals surface area contributed by atoms with Crippen molar-refractivity contribution < 1.29 is 136 Å². The highest BCUT2D eigenvalue weighted by molar-refractivity contribution is 8.00. The van der Waals surface area contributed by atoms with Gasteiger partial charge in [0, 0.05) is 88.6 Å². The maximum Gasteiger partial charge on any atom is 0.305 e. The largest absolute Gasteiger partial charge is 0.508 e. The van der Waals surface area contributed by atoms with Crippen molar-refractivity contribution in [2.75, 3.05) is 73.8 Å². The number of nitrogens with zero attached hydrogens (tertiary/aromatic N) is 3.